The molecule has 0 atom stereocenters. The lowest BCUT2D eigenvalue weighted by Gasteiger charge is -2.05. The first-order valence-corrected chi connectivity index (χ1v) is 6.66. The second-order valence-corrected chi connectivity index (χ2v) is 4.85. The van der Waals surface area contributed by atoms with E-state index in [4.69, 9.17) is 11.6 Å². The quantitative estimate of drug-likeness (QED) is 0.696. The Morgan fingerprint density at radius 1 is 1.37 bits per heavy atom. The summed E-state index contributed by atoms with van der Waals surface area (Å²) < 4.78 is 12.9. The van der Waals surface area contributed by atoms with E-state index in [-0.39, 0.29) is 16.7 Å². The number of nitrogens with zero attached hydrogens (tertiary/aromatic N) is 2. The summed E-state index contributed by atoms with van der Waals surface area (Å²) in [7, 11) is 0. The van der Waals surface area contributed by atoms with Crippen LogP contribution in [0.15, 0.2) is 41.8 Å². The Morgan fingerprint density at radius 2 is 2.11 bits per heavy atom. The predicted molar refractivity (Wildman–Crippen MR) is 72.8 cm³/mol. The van der Waals surface area contributed by atoms with Crippen LogP contribution in [0.3, 0.4) is 0 Å². The zero-order valence-corrected chi connectivity index (χ0v) is 11.2. The number of benzene rings is 1. The van der Waals surface area contributed by atoms with E-state index in [0.29, 0.717) is 10.8 Å². The molecule has 0 saturated heterocycles. The van der Waals surface area contributed by atoms with E-state index >= 15 is 0 Å². The van der Waals surface area contributed by atoms with Gasteiger partial charge in [-0.05, 0) is 24.3 Å². The molecule has 1 N–H and O–H groups in total. The number of thioether (sulfide) groups is 1. The normalized spacial score (nSPS) is 10.2. The van der Waals surface area contributed by atoms with Crippen molar-refractivity contribution >= 4 is 35.0 Å². The smallest absolute Gasteiger partial charge is 0.234 e. The molecule has 0 aliphatic rings. The molecule has 1 heterocycles. The molecule has 19 heavy (non-hydrogen) atoms. The van der Waals surface area contributed by atoms with Crippen LogP contribution in [0.1, 0.15) is 0 Å². The summed E-state index contributed by atoms with van der Waals surface area (Å²) >= 11 is 6.83. The van der Waals surface area contributed by atoms with Gasteiger partial charge >= 0.3 is 0 Å². The molecular formula is C12H9ClFN3OS. The van der Waals surface area contributed by atoms with Crippen LogP contribution in [0.4, 0.5) is 10.1 Å². The molecule has 0 aliphatic carbocycles. The number of amides is 1. The van der Waals surface area contributed by atoms with Crippen LogP contribution in [0.25, 0.3) is 0 Å². The van der Waals surface area contributed by atoms with E-state index in [9.17, 15) is 9.18 Å². The lowest BCUT2D eigenvalue weighted by atomic mass is 10.3. The number of nitrogens with one attached hydrogen (secondary N) is 1. The molecule has 0 aliphatic heterocycles. The number of carbonyl (C=O) groups is 1. The third kappa shape index (κ3) is 4.18. The largest absolute Gasteiger partial charge is 0.325 e. The van der Waals surface area contributed by atoms with E-state index in [1.54, 1.807) is 18.5 Å². The number of rotatable bonds is 4. The molecule has 0 radical (unpaired) electrons. The maximum atomic E-state index is 12.9. The molecule has 0 saturated carbocycles. The van der Waals surface area contributed by atoms with Crippen LogP contribution >= 0.6 is 23.4 Å². The first-order chi connectivity index (χ1) is 9.15. The van der Waals surface area contributed by atoms with Gasteiger partial charge in [-0.1, -0.05) is 23.4 Å². The molecular weight excluding hydrogens is 289 g/mol. The Hall–Kier alpha value is -1.66. The summed E-state index contributed by atoms with van der Waals surface area (Å²) in [6.45, 7) is 0. The summed E-state index contributed by atoms with van der Waals surface area (Å²) in [5.74, 6) is -0.592. The zero-order valence-electron chi connectivity index (χ0n) is 9.64. The van der Waals surface area contributed by atoms with Gasteiger partial charge in [0.25, 0.3) is 0 Å². The maximum Gasteiger partial charge on any atom is 0.234 e. The van der Waals surface area contributed by atoms with Crippen LogP contribution in [0.2, 0.25) is 5.02 Å². The van der Waals surface area contributed by atoms with E-state index < -0.39 is 5.82 Å². The van der Waals surface area contributed by atoms with Crippen molar-refractivity contribution < 1.29 is 9.18 Å². The fraction of sp³-hybridized carbons (Fsp3) is 0.0833. The highest BCUT2D eigenvalue weighted by Gasteiger charge is 2.06. The van der Waals surface area contributed by atoms with Crippen molar-refractivity contribution in [3.05, 3.63) is 47.5 Å². The van der Waals surface area contributed by atoms with Crippen molar-refractivity contribution in [2.24, 2.45) is 0 Å². The van der Waals surface area contributed by atoms with Crippen molar-refractivity contribution in [3.8, 4) is 0 Å². The third-order valence-corrected chi connectivity index (χ3v) is 3.24. The van der Waals surface area contributed by atoms with E-state index in [2.05, 4.69) is 15.3 Å². The Morgan fingerprint density at radius 3 is 2.79 bits per heavy atom. The van der Waals surface area contributed by atoms with Gasteiger partial charge < -0.3 is 5.32 Å². The molecule has 1 amide bonds. The fourth-order valence-corrected chi connectivity index (χ4v) is 2.04. The first kappa shape index (κ1) is 13.8. The summed E-state index contributed by atoms with van der Waals surface area (Å²) in [6.07, 6.45) is 3.21. The molecule has 2 aromatic rings. The van der Waals surface area contributed by atoms with Gasteiger partial charge in [-0.25, -0.2) is 14.4 Å². The van der Waals surface area contributed by atoms with Crippen LogP contribution in [-0.2, 0) is 4.79 Å². The molecule has 0 fully saturated rings. The number of hydrogen-bond donors (Lipinski definition) is 1. The average Bonchev–Trinajstić information content (AvgIpc) is 2.42. The average molecular weight is 298 g/mol. The number of halogens is 2. The molecule has 0 bridgehead atoms. The van der Waals surface area contributed by atoms with Crippen molar-refractivity contribution in [2.75, 3.05) is 11.1 Å². The van der Waals surface area contributed by atoms with Gasteiger partial charge in [-0.3, -0.25) is 4.79 Å². The predicted octanol–water partition coefficient (Wildman–Crippen LogP) is 3.00. The minimum Gasteiger partial charge on any atom is -0.325 e. The Bertz CT molecular complexity index is 582. The molecule has 0 spiro atoms. The topological polar surface area (TPSA) is 54.9 Å². The zero-order chi connectivity index (χ0) is 13.7. The summed E-state index contributed by atoms with van der Waals surface area (Å²) in [5.41, 5.74) is 0.450. The van der Waals surface area contributed by atoms with Crippen LogP contribution in [-0.4, -0.2) is 21.6 Å². The summed E-state index contributed by atoms with van der Waals surface area (Å²) in [5, 5.41) is 3.11. The highest BCUT2D eigenvalue weighted by molar-refractivity contribution is 7.99. The summed E-state index contributed by atoms with van der Waals surface area (Å²) in [6, 6.07) is 5.71. The number of hydrogen-bond acceptors (Lipinski definition) is 4. The highest BCUT2D eigenvalue weighted by Crippen LogP contribution is 2.20. The van der Waals surface area contributed by atoms with Crippen molar-refractivity contribution in [3.63, 3.8) is 0 Å². The highest BCUT2D eigenvalue weighted by atomic mass is 35.5. The number of carbonyl (C=O) groups excluding carboxylic acids is 1. The lowest BCUT2D eigenvalue weighted by Crippen LogP contribution is -2.14. The monoisotopic (exact) mass is 297 g/mol. The molecule has 0 unspecified atom stereocenters. The van der Waals surface area contributed by atoms with Gasteiger partial charge in [-0.2, -0.15) is 0 Å². The third-order valence-electron chi connectivity index (χ3n) is 2.08. The number of aromatic nitrogens is 2. The lowest BCUT2D eigenvalue weighted by molar-refractivity contribution is -0.113. The van der Waals surface area contributed by atoms with E-state index in [1.165, 1.54) is 30.0 Å². The fourth-order valence-electron chi connectivity index (χ4n) is 1.26. The minimum absolute atomic E-state index is 0.0307. The minimum atomic E-state index is -0.522. The van der Waals surface area contributed by atoms with Crippen LogP contribution in [0.5, 0.6) is 0 Å². The van der Waals surface area contributed by atoms with Gasteiger partial charge in [0.2, 0.25) is 5.91 Å². The van der Waals surface area contributed by atoms with Crippen LogP contribution < -0.4 is 5.32 Å². The summed E-state index contributed by atoms with van der Waals surface area (Å²) in [4.78, 5) is 19.6. The Kier molecular flexibility index (Phi) is 4.70. The molecule has 1 aromatic carbocycles. The van der Waals surface area contributed by atoms with Gasteiger partial charge in [0.1, 0.15) is 5.82 Å². The van der Waals surface area contributed by atoms with Crippen molar-refractivity contribution in [2.45, 2.75) is 5.16 Å². The van der Waals surface area contributed by atoms with Crippen molar-refractivity contribution in [1.29, 1.82) is 0 Å². The van der Waals surface area contributed by atoms with E-state index in [1.807, 2.05) is 0 Å². The standard InChI is InChI=1S/C12H9ClFN3OS/c13-9-6-8(2-3-10(9)14)17-11(18)7-19-12-15-4-1-5-16-12/h1-6H,7H2,(H,17,18). The molecule has 2 rings (SSSR count). The van der Waals surface area contributed by atoms with Gasteiger partial charge in [0, 0.05) is 18.1 Å². The molecule has 7 heteroatoms. The Labute approximate surface area is 118 Å². The van der Waals surface area contributed by atoms with Crippen molar-refractivity contribution in [1.82, 2.24) is 9.97 Å². The Balaban J connectivity index is 1.89. The molecule has 98 valence electrons. The first-order valence-electron chi connectivity index (χ1n) is 5.30. The maximum absolute atomic E-state index is 12.9. The number of anilines is 1. The SMILES string of the molecule is O=C(CSc1ncccn1)Nc1ccc(F)c(Cl)c1. The van der Waals surface area contributed by atoms with E-state index in [0.717, 1.165) is 0 Å². The van der Waals surface area contributed by atoms with Gasteiger partial charge in [-0.15, -0.1) is 0 Å². The van der Waals surface area contributed by atoms with Gasteiger partial charge in [0.15, 0.2) is 5.16 Å². The molecule has 4 nitrogen and oxygen atoms in total. The second-order valence-electron chi connectivity index (χ2n) is 3.50. The second kappa shape index (κ2) is 6.49. The van der Waals surface area contributed by atoms with Crippen LogP contribution in [0, 0.1) is 5.82 Å². The van der Waals surface area contributed by atoms with Gasteiger partial charge in [0.05, 0.1) is 10.8 Å². The molecule has 1 aromatic heterocycles.